The average Bonchev–Trinajstić information content (AvgIpc) is 3.35. The van der Waals surface area contributed by atoms with E-state index in [0.717, 1.165) is 16.7 Å². The summed E-state index contributed by atoms with van der Waals surface area (Å²) in [4.78, 5) is 14.7. The maximum absolute atomic E-state index is 14.0. The van der Waals surface area contributed by atoms with E-state index in [9.17, 15) is 9.00 Å². The molecule has 0 N–H and O–H groups in total. The molecule has 4 heteroatoms. The second-order valence-corrected chi connectivity index (χ2v) is 9.99. The van der Waals surface area contributed by atoms with Crippen molar-refractivity contribution in [2.75, 3.05) is 0 Å². The highest BCUT2D eigenvalue weighted by Crippen LogP contribution is 2.36. The standard InChI is InChI=1S/C30H29NO2S/c1-4-9-27(29(24-10-6-5-7-11-24)25-17-13-22(2)14-18-25)30(32)31-21-8-12-28(31)34(33)26-19-15-23(3)16-20-26/h4-8,10-21,27,29H,1,9H2,2-3H3/t27-,29-,34?/m1/s1. The first kappa shape index (κ1) is 23.7. The summed E-state index contributed by atoms with van der Waals surface area (Å²) in [5.74, 6) is -0.645. The van der Waals surface area contributed by atoms with E-state index in [0.29, 0.717) is 16.3 Å². The van der Waals surface area contributed by atoms with E-state index in [2.05, 4.69) is 49.9 Å². The molecule has 3 aromatic carbocycles. The van der Waals surface area contributed by atoms with Crippen LogP contribution in [0.3, 0.4) is 0 Å². The lowest BCUT2D eigenvalue weighted by Gasteiger charge is -2.27. The summed E-state index contributed by atoms with van der Waals surface area (Å²) < 4.78 is 15.0. The lowest BCUT2D eigenvalue weighted by Crippen LogP contribution is -2.29. The molecule has 0 aliphatic carbocycles. The lowest BCUT2D eigenvalue weighted by atomic mass is 9.78. The van der Waals surface area contributed by atoms with Gasteiger partial charge in [0.05, 0.1) is 5.92 Å². The smallest absolute Gasteiger partial charge is 0.235 e. The van der Waals surface area contributed by atoms with Gasteiger partial charge in [-0.2, -0.15) is 0 Å². The van der Waals surface area contributed by atoms with E-state index in [1.165, 1.54) is 5.56 Å². The van der Waals surface area contributed by atoms with Crippen molar-refractivity contribution in [2.45, 2.75) is 36.1 Å². The Hall–Kier alpha value is -3.50. The number of carbonyl (C=O) groups is 1. The molecule has 1 unspecified atom stereocenters. The Bertz CT molecular complexity index is 1290. The molecule has 1 heterocycles. The predicted molar refractivity (Wildman–Crippen MR) is 139 cm³/mol. The Morgan fingerprint density at radius 1 is 0.853 bits per heavy atom. The van der Waals surface area contributed by atoms with Crippen LogP contribution in [0, 0.1) is 19.8 Å². The lowest BCUT2D eigenvalue weighted by molar-refractivity contribution is 0.0812. The van der Waals surface area contributed by atoms with Crippen molar-refractivity contribution in [3.63, 3.8) is 0 Å². The third kappa shape index (κ3) is 5.02. The monoisotopic (exact) mass is 467 g/mol. The molecule has 0 amide bonds. The minimum absolute atomic E-state index is 0.0882. The maximum Gasteiger partial charge on any atom is 0.235 e. The average molecular weight is 468 g/mol. The summed E-state index contributed by atoms with van der Waals surface area (Å²) >= 11 is 0. The van der Waals surface area contributed by atoms with Crippen molar-refractivity contribution in [1.82, 2.24) is 4.57 Å². The van der Waals surface area contributed by atoms with Gasteiger partial charge in [-0.1, -0.05) is 83.9 Å². The van der Waals surface area contributed by atoms with Gasteiger partial charge in [-0.3, -0.25) is 9.36 Å². The van der Waals surface area contributed by atoms with Crippen LogP contribution in [0.1, 0.15) is 39.4 Å². The fourth-order valence-electron chi connectivity index (χ4n) is 4.31. The Balaban J connectivity index is 1.77. The van der Waals surface area contributed by atoms with Gasteiger partial charge in [-0.25, -0.2) is 4.21 Å². The first-order valence-corrected chi connectivity index (χ1v) is 12.6. The molecule has 4 aromatic rings. The fraction of sp³-hybridized carbons (Fsp3) is 0.167. The quantitative estimate of drug-likeness (QED) is 0.263. The SMILES string of the molecule is C=CC[C@@H](C(=O)n1cccc1S(=O)c1ccc(C)cc1)[C@H](c1ccccc1)c1ccc(C)cc1. The van der Waals surface area contributed by atoms with Crippen LogP contribution in [-0.4, -0.2) is 14.7 Å². The van der Waals surface area contributed by atoms with Crippen molar-refractivity contribution in [3.05, 3.63) is 132 Å². The zero-order valence-electron chi connectivity index (χ0n) is 19.6. The summed E-state index contributed by atoms with van der Waals surface area (Å²) in [7, 11) is -1.47. The summed E-state index contributed by atoms with van der Waals surface area (Å²) in [6, 6.07) is 29.6. The number of rotatable bonds is 8. The van der Waals surface area contributed by atoms with Gasteiger partial charge >= 0.3 is 0 Å². The van der Waals surface area contributed by atoms with Gasteiger partial charge in [0.15, 0.2) is 0 Å². The minimum atomic E-state index is -1.47. The molecule has 0 fully saturated rings. The second kappa shape index (κ2) is 10.6. The Labute approximate surface area is 204 Å². The van der Waals surface area contributed by atoms with Gasteiger partial charge in [0.25, 0.3) is 0 Å². The topological polar surface area (TPSA) is 39.1 Å². The molecule has 34 heavy (non-hydrogen) atoms. The van der Waals surface area contributed by atoms with Crippen LogP contribution in [0.4, 0.5) is 0 Å². The van der Waals surface area contributed by atoms with Gasteiger partial charge in [0.1, 0.15) is 15.8 Å². The Morgan fingerprint density at radius 3 is 2.06 bits per heavy atom. The highest BCUT2D eigenvalue weighted by molar-refractivity contribution is 7.85. The molecule has 3 nitrogen and oxygen atoms in total. The normalized spacial score (nSPS) is 13.7. The second-order valence-electron chi connectivity index (χ2n) is 8.57. The molecule has 172 valence electrons. The highest BCUT2D eigenvalue weighted by atomic mass is 32.2. The number of carbonyl (C=O) groups excluding carboxylic acids is 1. The minimum Gasteiger partial charge on any atom is -0.279 e. The van der Waals surface area contributed by atoms with Crippen molar-refractivity contribution in [1.29, 1.82) is 0 Å². The summed E-state index contributed by atoms with van der Waals surface area (Å²) in [5, 5.41) is 0.485. The number of benzene rings is 3. The summed E-state index contributed by atoms with van der Waals surface area (Å²) in [5.41, 5.74) is 4.41. The first-order chi connectivity index (χ1) is 16.5. The van der Waals surface area contributed by atoms with Crippen LogP contribution in [0.25, 0.3) is 0 Å². The number of hydrogen-bond acceptors (Lipinski definition) is 2. The molecule has 0 aliphatic heterocycles. The van der Waals surface area contributed by atoms with Crippen molar-refractivity contribution in [2.24, 2.45) is 5.92 Å². The van der Waals surface area contributed by atoms with Crippen LogP contribution in [0.2, 0.25) is 0 Å². The van der Waals surface area contributed by atoms with Crippen LogP contribution >= 0.6 is 0 Å². The van der Waals surface area contributed by atoms with Gasteiger partial charge in [-0.15, -0.1) is 6.58 Å². The van der Waals surface area contributed by atoms with Crippen molar-refractivity contribution < 1.29 is 9.00 Å². The third-order valence-corrected chi connectivity index (χ3v) is 7.52. The van der Waals surface area contributed by atoms with E-state index < -0.39 is 16.7 Å². The summed E-state index contributed by atoms with van der Waals surface area (Å²) in [6.07, 6.45) is 4.02. The van der Waals surface area contributed by atoms with Gasteiger partial charge in [-0.05, 0) is 55.7 Å². The van der Waals surface area contributed by atoms with E-state index in [4.69, 9.17) is 0 Å². The molecule has 0 bridgehead atoms. The maximum atomic E-state index is 14.0. The fourth-order valence-corrected chi connectivity index (χ4v) is 5.47. The number of aryl methyl sites for hydroxylation is 2. The predicted octanol–water partition coefficient (Wildman–Crippen LogP) is 6.94. The molecule has 4 rings (SSSR count). The Kier molecular flexibility index (Phi) is 7.39. The van der Waals surface area contributed by atoms with Crippen molar-refractivity contribution in [3.8, 4) is 0 Å². The zero-order valence-corrected chi connectivity index (χ0v) is 20.4. The van der Waals surface area contributed by atoms with Gasteiger partial charge in [0.2, 0.25) is 5.91 Å². The number of hydrogen-bond donors (Lipinski definition) is 0. The largest absolute Gasteiger partial charge is 0.279 e. The molecular formula is C30H29NO2S. The number of aromatic nitrogens is 1. The molecule has 0 saturated carbocycles. The van der Waals surface area contributed by atoms with E-state index in [1.807, 2.05) is 49.4 Å². The molecular weight excluding hydrogens is 438 g/mol. The van der Waals surface area contributed by atoms with Crippen LogP contribution in [-0.2, 0) is 10.8 Å². The number of allylic oxidation sites excluding steroid dienone is 1. The van der Waals surface area contributed by atoms with E-state index in [-0.39, 0.29) is 11.8 Å². The molecule has 3 atom stereocenters. The molecule has 0 radical (unpaired) electrons. The van der Waals surface area contributed by atoms with Crippen LogP contribution < -0.4 is 0 Å². The molecule has 0 saturated heterocycles. The van der Waals surface area contributed by atoms with Gasteiger partial charge < -0.3 is 0 Å². The van der Waals surface area contributed by atoms with Gasteiger partial charge in [0, 0.05) is 17.0 Å². The number of nitrogens with zero attached hydrogens (tertiary/aromatic N) is 1. The highest BCUT2D eigenvalue weighted by Gasteiger charge is 2.32. The van der Waals surface area contributed by atoms with E-state index >= 15 is 0 Å². The van der Waals surface area contributed by atoms with Crippen LogP contribution in [0.5, 0.6) is 0 Å². The van der Waals surface area contributed by atoms with E-state index in [1.54, 1.807) is 29.0 Å². The molecule has 0 spiro atoms. The molecule has 0 aliphatic rings. The van der Waals surface area contributed by atoms with Crippen LogP contribution in [0.15, 0.2) is 120 Å². The Morgan fingerprint density at radius 2 is 1.44 bits per heavy atom. The van der Waals surface area contributed by atoms with Crippen molar-refractivity contribution >= 4 is 16.7 Å². The zero-order chi connectivity index (χ0) is 24.1. The third-order valence-electron chi connectivity index (χ3n) is 6.11. The summed E-state index contributed by atoms with van der Waals surface area (Å²) in [6.45, 7) is 7.99. The first-order valence-electron chi connectivity index (χ1n) is 11.4. The molecule has 1 aromatic heterocycles.